The van der Waals surface area contributed by atoms with Crippen LogP contribution in [0.1, 0.15) is 29.7 Å². The van der Waals surface area contributed by atoms with Gasteiger partial charge in [-0.1, -0.05) is 24.3 Å². The van der Waals surface area contributed by atoms with E-state index in [-0.39, 0.29) is 4.90 Å². The summed E-state index contributed by atoms with van der Waals surface area (Å²) in [4.78, 5) is 13.0. The Hall–Kier alpha value is -2.43. The first kappa shape index (κ1) is 24.8. The number of benzene rings is 2. The van der Waals surface area contributed by atoms with Gasteiger partial charge in [0.25, 0.3) is 0 Å². The standard InChI is InChI=1S/C21H29N3O5S2/c1-15-7-8-16(2)20(13-15)24(31(28,29)23(4)5)14-21(25)22-17(3)18-9-11-19(12-10-18)30(6,26)27/h7-13,17H,14H2,1-6H3,(H,22,25)/t17-/m0/s1. The zero-order valence-electron chi connectivity index (χ0n) is 18.6. The average molecular weight is 468 g/mol. The molecule has 2 rings (SSSR count). The molecular weight excluding hydrogens is 438 g/mol. The van der Waals surface area contributed by atoms with Gasteiger partial charge in [0.05, 0.1) is 16.6 Å². The van der Waals surface area contributed by atoms with E-state index < -0.39 is 38.5 Å². The minimum atomic E-state index is -3.91. The van der Waals surface area contributed by atoms with Crippen molar-refractivity contribution in [3.63, 3.8) is 0 Å². The highest BCUT2D eigenvalue weighted by Gasteiger charge is 2.29. The molecule has 170 valence electrons. The summed E-state index contributed by atoms with van der Waals surface area (Å²) in [5, 5.41) is 2.79. The van der Waals surface area contributed by atoms with Crippen LogP contribution in [-0.2, 0) is 24.8 Å². The number of nitrogens with one attached hydrogen (secondary N) is 1. The quantitative estimate of drug-likeness (QED) is 0.641. The van der Waals surface area contributed by atoms with Crippen molar-refractivity contribution in [3.8, 4) is 0 Å². The molecule has 0 unspecified atom stereocenters. The maximum Gasteiger partial charge on any atom is 0.304 e. The van der Waals surface area contributed by atoms with Crippen molar-refractivity contribution in [2.45, 2.75) is 31.7 Å². The second-order valence-corrected chi connectivity index (χ2v) is 11.8. The molecule has 0 spiro atoms. The zero-order valence-corrected chi connectivity index (χ0v) is 20.2. The Labute approximate surface area is 185 Å². The van der Waals surface area contributed by atoms with Crippen molar-refractivity contribution in [1.29, 1.82) is 0 Å². The number of sulfone groups is 1. The Morgan fingerprint density at radius 2 is 1.58 bits per heavy atom. The Bertz CT molecular complexity index is 1160. The van der Waals surface area contributed by atoms with E-state index in [4.69, 9.17) is 0 Å². The summed E-state index contributed by atoms with van der Waals surface area (Å²) >= 11 is 0. The number of hydrogen-bond acceptors (Lipinski definition) is 5. The molecule has 2 aromatic rings. The van der Waals surface area contributed by atoms with Gasteiger partial charge in [-0.15, -0.1) is 0 Å². The normalized spacial score (nSPS) is 13.1. The maximum atomic E-state index is 12.9. The largest absolute Gasteiger partial charge is 0.348 e. The molecule has 1 atom stereocenters. The molecule has 1 N–H and O–H groups in total. The molecule has 0 fully saturated rings. The Kier molecular flexibility index (Phi) is 7.51. The van der Waals surface area contributed by atoms with E-state index in [9.17, 15) is 21.6 Å². The Balaban J connectivity index is 2.27. The lowest BCUT2D eigenvalue weighted by Gasteiger charge is -2.29. The van der Waals surface area contributed by atoms with Crippen LogP contribution in [0, 0.1) is 13.8 Å². The fraction of sp³-hybridized carbons (Fsp3) is 0.381. The van der Waals surface area contributed by atoms with E-state index in [1.807, 2.05) is 19.1 Å². The van der Waals surface area contributed by atoms with Crippen LogP contribution < -0.4 is 9.62 Å². The van der Waals surface area contributed by atoms with Gasteiger partial charge in [0.1, 0.15) is 6.54 Å². The topological polar surface area (TPSA) is 104 Å². The molecule has 0 saturated carbocycles. The van der Waals surface area contributed by atoms with Gasteiger partial charge < -0.3 is 5.32 Å². The van der Waals surface area contributed by atoms with Gasteiger partial charge in [-0.25, -0.2) is 12.7 Å². The van der Waals surface area contributed by atoms with Crippen LogP contribution in [0.15, 0.2) is 47.4 Å². The molecule has 8 nitrogen and oxygen atoms in total. The summed E-state index contributed by atoms with van der Waals surface area (Å²) < 4.78 is 51.2. The van der Waals surface area contributed by atoms with Crippen molar-refractivity contribution in [2.75, 3.05) is 31.2 Å². The summed E-state index contributed by atoms with van der Waals surface area (Å²) in [7, 11) is -4.39. The number of anilines is 1. The van der Waals surface area contributed by atoms with Gasteiger partial charge in [0.15, 0.2) is 9.84 Å². The third-order valence-electron chi connectivity index (χ3n) is 4.85. The van der Waals surface area contributed by atoms with Crippen molar-refractivity contribution < 1.29 is 21.6 Å². The first-order valence-corrected chi connectivity index (χ1v) is 12.9. The number of amides is 1. The van der Waals surface area contributed by atoms with Gasteiger partial charge in [0.2, 0.25) is 5.91 Å². The molecule has 0 heterocycles. The molecule has 0 radical (unpaired) electrons. The fourth-order valence-corrected chi connectivity index (χ4v) is 4.73. The molecule has 31 heavy (non-hydrogen) atoms. The predicted octanol–water partition coefficient (Wildman–Crippen LogP) is 2.20. The summed E-state index contributed by atoms with van der Waals surface area (Å²) in [5.41, 5.74) is 2.75. The molecule has 0 aliphatic rings. The first-order chi connectivity index (χ1) is 14.2. The molecule has 10 heteroatoms. The third-order valence-corrected chi connectivity index (χ3v) is 7.78. The van der Waals surface area contributed by atoms with Crippen molar-refractivity contribution in [3.05, 3.63) is 59.2 Å². The minimum absolute atomic E-state index is 0.188. The lowest BCUT2D eigenvalue weighted by molar-refractivity contribution is -0.120. The van der Waals surface area contributed by atoms with E-state index in [0.29, 0.717) is 11.3 Å². The molecule has 0 aliphatic heterocycles. The third kappa shape index (κ3) is 6.05. The summed E-state index contributed by atoms with van der Waals surface area (Å²) in [5.74, 6) is -0.481. The molecule has 2 aromatic carbocycles. The second kappa shape index (κ2) is 9.37. The Morgan fingerprint density at radius 1 is 1.00 bits per heavy atom. The maximum absolute atomic E-state index is 12.9. The molecule has 0 bridgehead atoms. The molecule has 0 aliphatic carbocycles. The van der Waals surface area contributed by atoms with Gasteiger partial charge >= 0.3 is 10.2 Å². The smallest absolute Gasteiger partial charge is 0.304 e. The van der Waals surface area contributed by atoms with Gasteiger partial charge in [-0.3, -0.25) is 4.79 Å². The van der Waals surface area contributed by atoms with E-state index in [1.54, 1.807) is 32.0 Å². The van der Waals surface area contributed by atoms with E-state index >= 15 is 0 Å². The van der Waals surface area contributed by atoms with Crippen molar-refractivity contribution >= 4 is 31.6 Å². The van der Waals surface area contributed by atoms with Crippen LogP contribution in [0.2, 0.25) is 0 Å². The lowest BCUT2D eigenvalue weighted by atomic mass is 10.1. The highest BCUT2D eigenvalue weighted by molar-refractivity contribution is 7.90. The first-order valence-electron chi connectivity index (χ1n) is 9.60. The number of hydrogen-bond donors (Lipinski definition) is 1. The zero-order chi connectivity index (χ0) is 23.6. The van der Waals surface area contributed by atoms with Crippen LogP contribution in [0.4, 0.5) is 5.69 Å². The number of nitrogens with zero attached hydrogens (tertiary/aromatic N) is 2. The minimum Gasteiger partial charge on any atom is -0.348 e. The number of carbonyl (C=O) groups is 1. The van der Waals surface area contributed by atoms with Gasteiger partial charge in [-0.2, -0.15) is 12.7 Å². The molecule has 0 saturated heterocycles. The average Bonchev–Trinajstić information content (AvgIpc) is 2.67. The monoisotopic (exact) mass is 467 g/mol. The van der Waals surface area contributed by atoms with E-state index in [1.165, 1.54) is 26.2 Å². The van der Waals surface area contributed by atoms with Crippen LogP contribution in [0.3, 0.4) is 0 Å². The second-order valence-electron chi connectivity index (χ2n) is 7.72. The SMILES string of the molecule is Cc1ccc(C)c(N(CC(=O)N[C@@H](C)c2ccc(S(C)(=O)=O)cc2)S(=O)(=O)N(C)C)c1. The molecule has 0 aromatic heterocycles. The van der Waals surface area contributed by atoms with Gasteiger partial charge in [0, 0.05) is 20.4 Å². The lowest BCUT2D eigenvalue weighted by Crippen LogP contribution is -2.46. The van der Waals surface area contributed by atoms with E-state index in [2.05, 4.69) is 5.32 Å². The van der Waals surface area contributed by atoms with Crippen LogP contribution in [-0.4, -0.2) is 53.9 Å². The predicted molar refractivity (Wildman–Crippen MR) is 122 cm³/mol. The number of aryl methyl sites for hydroxylation is 2. The fourth-order valence-electron chi connectivity index (χ4n) is 2.98. The van der Waals surface area contributed by atoms with Crippen molar-refractivity contribution in [2.24, 2.45) is 0 Å². The summed E-state index contributed by atoms with van der Waals surface area (Å²) in [6.45, 7) is 5.00. The molecule has 1 amide bonds. The van der Waals surface area contributed by atoms with Crippen LogP contribution >= 0.6 is 0 Å². The van der Waals surface area contributed by atoms with Crippen molar-refractivity contribution in [1.82, 2.24) is 9.62 Å². The van der Waals surface area contributed by atoms with Gasteiger partial charge in [-0.05, 0) is 55.7 Å². The van der Waals surface area contributed by atoms with Crippen LogP contribution in [0.25, 0.3) is 0 Å². The number of carbonyl (C=O) groups excluding carboxylic acids is 1. The summed E-state index contributed by atoms with van der Waals surface area (Å²) in [6, 6.07) is 11.2. The summed E-state index contributed by atoms with van der Waals surface area (Å²) in [6.07, 6.45) is 1.13. The Morgan fingerprint density at radius 3 is 2.10 bits per heavy atom. The van der Waals surface area contributed by atoms with Crippen LogP contribution in [0.5, 0.6) is 0 Å². The van der Waals surface area contributed by atoms with E-state index in [0.717, 1.165) is 26.0 Å². The highest BCUT2D eigenvalue weighted by atomic mass is 32.2. The molecular formula is C21H29N3O5S2. The number of rotatable bonds is 8. The highest BCUT2D eigenvalue weighted by Crippen LogP contribution is 2.25.